The molecule has 0 amide bonds. The van der Waals surface area contributed by atoms with E-state index >= 15 is 0 Å². The van der Waals surface area contributed by atoms with Gasteiger partial charge in [-0.1, -0.05) is 69.8 Å². The molecule has 2 unspecified atom stereocenters. The van der Waals surface area contributed by atoms with Crippen LogP contribution in [0, 0.1) is 11.8 Å². The highest BCUT2D eigenvalue weighted by Gasteiger charge is 2.37. The summed E-state index contributed by atoms with van der Waals surface area (Å²) in [7, 11) is 0. The summed E-state index contributed by atoms with van der Waals surface area (Å²) in [6, 6.07) is 0. The molecule has 0 saturated carbocycles. The monoisotopic (exact) mass is 362 g/mol. The fourth-order valence-electron chi connectivity index (χ4n) is 3.28. The molecule has 0 aromatic rings. The SMILES string of the molecule is CCCCCC(/C=C/C=C\CCCCCCCC=O)C1CC(=O)OC1=O. The second kappa shape index (κ2) is 14.5. The van der Waals surface area contributed by atoms with Crippen molar-refractivity contribution in [2.24, 2.45) is 11.8 Å². The quantitative estimate of drug-likeness (QED) is 0.130. The molecule has 0 aromatic carbocycles. The van der Waals surface area contributed by atoms with Gasteiger partial charge in [0.15, 0.2) is 0 Å². The average molecular weight is 363 g/mol. The van der Waals surface area contributed by atoms with E-state index in [2.05, 4.69) is 19.1 Å². The molecular formula is C22H34O4. The van der Waals surface area contributed by atoms with Gasteiger partial charge in [0, 0.05) is 6.42 Å². The number of esters is 2. The van der Waals surface area contributed by atoms with Crippen molar-refractivity contribution in [2.45, 2.75) is 84.0 Å². The van der Waals surface area contributed by atoms with Crippen molar-refractivity contribution in [3.05, 3.63) is 24.3 Å². The number of aldehydes is 1. The van der Waals surface area contributed by atoms with Crippen molar-refractivity contribution in [2.75, 3.05) is 0 Å². The normalized spacial score (nSPS) is 18.7. The van der Waals surface area contributed by atoms with Gasteiger partial charge in [-0.15, -0.1) is 0 Å². The molecular weight excluding hydrogens is 328 g/mol. The topological polar surface area (TPSA) is 60.4 Å². The third-order valence-corrected chi connectivity index (χ3v) is 4.86. The van der Waals surface area contributed by atoms with Crippen molar-refractivity contribution in [1.82, 2.24) is 0 Å². The standard InChI is InChI=1S/C22H34O4/c1-2-3-12-15-19(20-18-21(24)26-22(20)25)16-13-10-8-6-4-5-7-9-11-14-17-23/h8,10,13,16-17,19-20H,2-7,9,11-12,14-15,18H2,1H3/b10-8-,16-13+. The Morgan fingerprint density at radius 3 is 2.38 bits per heavy atom. The average Bonchev–Trinajstić information content (AvgIpc) is 2.96. The van der Waals surface area contributed by atoms with Crippen molar-refractivity contribution in [3.8, 4) is 0 Å². The summed E-state index contributed by atoms with van der Waals surface area (Å²) in [6.07, 6.45) is 21.2. The summed E-state index contributed by atoms with van der Waals surface area (Å²) >= 11 is 0. The lowest BCUT2D eigenvalue weighted by Gasteiger charge is -2.15. The zero-order valence-electron chi connectivity index (χ0n) is 16.2. The first-order valence-electron chi connectivity index (χ1n) is 10.2. The number of carbonyl (C=O) groups is 3. The van der Waals surface area contributed by atoms with Crippen LogP contribution in [-0.4, -0.2) is 18.2 Å². The minimum atomic E-state index is -0.391. The van der Waals surface area contributed by atoms with E-state index in [0.717, 1.165) is 57.7 Å². The van der Waals surface area contributed by atoms with Crippen LogP contribution in [0.25, 0.3) is 0 Å². The number of hydrogen-bond acceptors (Lipinski definition) is 4. The van der Waals surface area contributed by atoms with Crippen LogP contribution >= 0.6 is 0 Å². The van der Waals surface area contributed by atoms with Gasteiger partial charge in [-0.2, -0.15) is 0 Å². The molecule has 1 aliphatic heterocycles. The van der Waals surface area contributed by atoms with Crippen LogP contribution in [0.3, 0.4) is 0 Å². The molecule has 4 nitrogen and oxygen atoms in total. The number of unbranched alkanes of at least 4 members (excludes halogenated alkanes) is 8. The first-order valence-corrected chi connectivity index (χ1v) is 10.2. The van der Waals surface area contributed by atoms with Crippen molar-refractivity contribution < 1.29 is 19.1 Å². The van der Waals surface area contributed by atoms with E-state index in [1.807, 2.05) is 12.2 Å². The summed E-state index contributed by atoms with van der Waals surface area (Å²) in [4.78, 5) is 33.4. The number of carbonyl (C=O) groups excluding carboxylic acids is 3. The van der Waals surface area contributed by atoms with E-state index in [9.17, 15) is 14.4 Å². The molecule has 1 saturated heterocycles. The molecule has 4 heteroatoms. The van der Waals surface area contributed by atoms with E-state index in [4.69, 9.17) is 4.74 Å². The van der Waals surface area contributed by atoms with E-state index < -0.39 is 5.97 Å². The van der Waals surface area contributed by atoms with Crippen LogP contribution in [0.2, 0.25) is 0 Å². The largest absolute Gasteiger partial charge is 0.393 e. The van der Waals surface area contributed by atoms with Crippen molar-refractivity contribution in [3.63, 3.8) is 0 Å². The first-order chi connectivity index (χ1) is 12.7. The maximum atomic E-state index is 11.8. The van der Waals surface area contributed by atoms with E-state index in [1.54, 1.807) is 0 Å². The van der Waals surface area contributed by atoms with Crippen LogP contribution in [0.1, 0.15) is 84.0 Å². The maximum absolute atomic E-state index is 11.8. The fraction of sp³-hybridized carbons (Fsp3) is 0.682. The van der Waals surface area contributed by atoms with Crippen molar-refractivity contribution in [1.29, 1.82) is 0 Å². The molecule has 0 N–H and O–H groups in total. The number of allylic oxidation sites excluding steroid dienone is 4. The minimum absolute atomic E-state index is 0.0861. The van der Waals surface area contributed by atoms with Crippen LogP contribution in [0.15, 0.2) is 24.3 Å². The Labute approximate surface area is 158 Å². The molecule has 0 aromatic heterocycles. The predicted octanol–water partition coefficient (Wildman–Crippen LogP) is 5.31. The van der Waals surface area contributed by atoms with Crippen LogP contribution in [-0.2, 0) is 19.1 Å². The summed E-state index contributed by atoms with van der Waals surface area (Å²) in [5.41, 5.74) is 0. The molecule has 0 aliphatic carbocycles. The van der Waals surface area contributed by atoms with Crippen LogP contribution < -0.4 is 0 Å². The molecule has 1 rings (SSSR count). The van der Waals surface area contributed by atoms with Crippen LogP contribution in [0.4, 0.5) is 0 Å². The third-order valence-electron chi connectivity index (χ3n) is 4.86. The molecule has 0 spiro atoms. The van der Waals surface area contributed by atoms with E-state index in [1.165, 1.54) is 12.8 Å². The van der Waals surface area contributed by atoms with Gasteiger partial charge >= 0.3 is 11.9 Å². The summed E-state index contributed by atoms with van der Waals surface area (Å²) in [5.74, 6) is -0.976. The Kier molecular flexibility index (Phi) is 12.4. The van der Waals surface area contributed by atoms with Gasteiger partial charge in [0.2, 0.25) is 0 Å². The zero-order valence-corrected chi connectivity index (χ0v) is 16.2. The van der Waals surface area contributed by atoms with Gasteiger partial charge in [0.25, 0.3) is 0 Å². The lowest BCUT2D eigenvalue weighted by Crippen LogP contribution is -2.17. The number of hydrogen-bond donors (Lipinski definition) is 0. The summed E-state index contributed by atoms with van der Waals surface area (Å²) in [5, 5.41) is 0. The highest BCUT2D eigenvalue weighted by molar-refractivity contribution is 5.94. The molecule has 0 bridgehead atoms. The minimum Gasteiger partial charge on any atom is -0.393 e. The van der Waals surface area contributed by atoms with E-state index in [-0.39, 0.29) is 24.2 Å². The second-order valence-electron chi connectivity index (χ2n) is 7.09. The molecule has 1 aliphatic rings. The molecule has 1 fully saturated rings. The van der Waals surface area contributed by atoms with Gasteiger partial charge < -0.3 is 9.53 Å². The Bertz CT molecular complexity index is 479. The van der Waals surface area contributed by atoms with Crippen LogP contribution in [0.5, 0.6) is 0 Å². The van der Waals surface area contributed by atoms with Gasteiger partial charge in [-0.05, 0) is 31.6 Å². The zero-order chi connectivity index (χ0) is 19.0. The highest BCUT2D eigenvalue weighted by Crippen LogP contribution is 2.29. The van der Waals surface area contributed by atoms with Gasteiger partial charge in [-0.25, -0.2) is 0 Å². The molecule has 146 valence electrons. The Morgan fingerprint density at radius 2 is 1.73 bits per heavy atom. The number of rotatable bonds is 15. The maximum Gasteiger partial charge on any atom is 0.317 e. The Balaban J connectivity index is 2.31. The second-order valence-corrected chi connectivity index (χ2v) is 7.09. The molecule has 0 radical (unpaired) electrons. The summed E-state index contributed by atoms with van der Waals surface area (Å²) < 4.78 is 4.72. The summed E-state index contributed by atoms with van der Waals surface area (Å²) in [6.45, 7) is 2.16. The van der Waals surface area contributed by atoms with Gasteiger partial charge in [0.1, 0.15) is 6.29 Å². The first kappa shape index (κ1) is 22.3. The number of ether oxygens (including phenoxy) is 1. The molecule has 1 heterocycles. The predicted molar refractivity (Wildman–Crippen MR) is 104 cm³/mol. The molecule has 2 atom stereocenters. The van der Waals surface area contributed by atoms with E-state index in [0.29, 0.717) is 6.42 Å². The fourth-order valence-corrected chi connectivity index (χ4v) is 3.28. The van der Waals surface area contributed by atoms with Gasteiger partial charge in [-0.3, -0.25) is 9.59 Å². The lowest BCUT2D eigenvalue weighted by atomic mass is 9.86. The molecule has 26 heavy (non-hydrogen) atoms. The van der Waals surface area contributed by atoms with Gasteiger partial charge in [0.05, 0.1) is 12.3 Å². The third kappa shape index (κ3) is 9.69. The smallest absolute Gasteiger partial charge is 0.317 e. The highest BCUT2D eigenvalue weighted by atomic mass is 16.6. The Morgan fingerprint density at radius 1 is 1.00 bits per heavy atom. The Hall–Kier alpha value is -1.71. The van der Waals surface area contributed by atoms with Crippen molar-refractivity contribution >= 4 is 18.2 Å². The lowest BCUT2D eigenvalue weighted by molar-refractivity contribution is -0.153. The number of cyclic esters (lactones) is 2.